The number of halogens is 3. The van der Waals surface area contributed by atoms with Crippen LogP contribution in [0.1, 0.15) is 65.7 Å². The molecule has 0 saturated carbocycles. The van der Waals surface area contributed by atoms with Crippen LogP contribution in [0, 0.1) is 17.5 Å². The van der Waals surface area contributed by atoms with E-state index in [9.17, 15) is 13.2 Å². The van der Waals surface area contributed by atoms with Crippen molar-refractivity contribution in [3.63, 3.8) is 0 Å². The number of anilines is 1. The average Bonchev–Trinajstić information content (AvgIpc) is 2.63. The number of benzene rings is 1. The fourth-order valence-electron chi connectivity index (χ4n) is 3.24. The van der Waals surface area contributed by atoms with Gasteiger partial charge in [0.1, 0.15) is 5.66 Å². The number of hydrogen-bond acceptors (Lipinski definition) is 3. The van der Waals surface area contributed by atoms with E-state index in [2.05, 4.69) is 22.2 Å². The molecular weight excluding hydrogens is 367 g/mol. The van der Waals surface area contributed by atoms with Crippen LogP contribution in [0.25, 0.3) is 0 Å². The summed E-state index contributed by atoms with van der Waals surface area (Å²) in [5.41, 5.74) is 4.89. The Morgan fingerprint density at radius 1 is 1.04 bits per heavy atom. The van der Waals surface area contributed by atoms with Crippen molar-refractivity contribution in [1.82, 2.24) is 5.32 Å². The lowest BCUT2D eigenvalue weighted by atomic mass is 10.1. The fraction of sp³-hybridized carbons (Fsp3) is 0.600. The molecule has 5 nitrogen and oxygen atoms in total. The van der Waals surface area contributed by atoms with Crippen molar-refractivity contribution in [3.05, 3.63) is 29.6 Å². The molecule has 0 radical (unpaired) electrons. The Morgan fingerprint density at radius 3 is 2.32 bits per heavy atom. The Bertz CT molecular complexity index is 731. The first-order chi connectivity index (χ1) is 13.3. The third kappa shape index (κ3) is 5.39. The Labute approximate surface area is 164 Å². The Balaban J connectivity index is 2.03. The zero-order valence-electron chi connectivity index (χ0n) is 16.9. The van der Waals surface area contributed by atoms with Gasteiger partial charge in [-0.15, -0.1) is 0 Å². The number of nitrogens with two attached hydrogens (primary N) is 1. The summed E-state index contributed by atoms with van der Waals surface area (Å²) in [6.07, 6.45) is 8.29. The van der Waals surface area contributed by atoms with E-state index < -0.39 is 23.1 Å². The quantitative estimate of drug-likeness (QED) is 0.470. The molecule has 1 heterocycles. The van der Waals surface area contributed by atoms with Gasteiger partial charge in [-0.2, -0.15) is 4.99 Å². The lowest BCUT2D eigenvalue weighted by Crippen LogP contribution is -2.64. The molecule has 0 saturated heterocycles. The molecule has 1 aliphatic rings. The van der Waals surface area contributed by atoms with Crippen LogP contribution in [-0.4, -0.2) is 24.1 Å². The van der Waals surface area contributed by atoms with E-state index in [-0.39, 0.29) is 11.6 Å². The zero-order valence-corrected chi connectivity index (χ0v) is 16.9. The minimum absolute atomic E-state index is 0.0352. The minimum atomic E-state index is -1.54. The summed E-state index contributed by atoms with van der Waals surface area (Å²) in [6.45, 7) is 6.28. The maximum absolute atomic E-state index is 14.2. The van der Waals surface area contributed by atoms with E-state index in [1.165, 1.54) is 37.0 Å². The smallest absolute Gasteiger partial charge is 0.223 e. The first-order valence-electron chi connectivity index (χ1n) is 9.88. The van der Waals surface area contributed by atoms with Crippen LogP contribution in [0.2, 0.25) is 0 Å². The largest absolute Gasteiger partial charge is 0.369 e. The monoisotopic (exact) mass is 397 g/mol. The van der Waals surface area contributed by atoms with Gasteiger partial charge in [-0.1, -0.05) is 45.4 Å². The summed E-state index contributed by atoms with van der Waals surface area (Å²) in [5, 5.41) is 3.08. The van der Waals surface area contributed by atoms with Crippen LogP contribution >= 0.6 is 0 Å². The first kappa shape index (κ1) is 22.0. The van der Waals surface area contributed by atoms with Gasteiger partial charge in [0, 0.05) is 6.54 Å². The summed E-state index contributed by atoms with van der Waals surface area (Å²) in [6, 6.07) is 2.00. The molecule has 8 heteroatoms. The molecule has 0 aliphatic carbocycles. The van der Waals surface area contributed by atoms with Crippen molar-refractivity contribution < 1.29 is 13.2 Å². The summed E-state index contributed by atoms with van der Waals surface area (Å²) in [7, 11) is 0. The van der Waals surface area contributed by atoms with Crippen molar-refractivity contribution in [1.29, 1.82) is 0 Å². The SMILES string of the molecule is CCCCCCCCCN=C1N=C(N)N(c2ccc(F)c(F)c2F)C(C)(C)N1. The number of guanidine groups is 2. The highest BCUT2D eigenvalue weighted by atomic mass is 19.2. The minimum Gasteiger partial charge on any atom is -0.369 e. The standard InChI is InChI=1S/C20H30F3N5/c1-4-5-6-7-8-9-10-13-25-19-26-18(24)28(20(2,3)27-19)15-12-11-14(21)16(22)17(15)23/h11-12H,4-10,13H2,1-3H3,(H3,24,25,26,27). The molecule has 0 amide bonds. The highest BCUT2D eigenvalue weighted by molar-refractivity contribution is 6.06. The van der Waals surface area contributed by atoms with Gasteiger partial charge in [0.05, 0.1) is 5.69 Å². The Kier molecular flexibility index (Phi) is 7.71. The molecule has 0 unspecified atom stereocenters. The van der Waals surface area contributed by atoms with Gasteiger partial charge >= 0.3 is 0 Å². The van der Waals surface area contributed by atoms with Crippen LogP contribution in [0.15, 0.2) is 22.1 Å². The van der Waals surface area contributed by atoms with E-state index in [0.29, 0.717) is 12.5 Å². The molecule has 28 heavy (non-hydrogen) atoms. The van der Waals surface area contributed by atoms with Crippen molar-refractivity contribution >= 4 is 17.6 Å². The molecular formula is C20H30F3N5. The molecule has 1 aromatic carbocycles. The van der Waals surface area contributed by atoms with Gasteiger partial charge in [0.15, 0.2) is 17.5 Å². The lowest BCUT2D eigenvalue weighted by molar-refractivity contribution is 0.429. The second kappa shape index (κ2) is 9.80. The van der Waals surface area contributed by atoms with Gasteiger partial charge in [-0.05, 0) is 32.4 Å². The molecule has 1 aromatic rings. The van der Waals surface area contributed by atoms with E-state index in [4.69, 9.17) is 5.73 Å². The summed E-state index contributed by atoms with van der Waals surface area (Å²) in [4.78, 5) is 9.88. The molecule has 0 aromatic heterocycles. The van der Waals surface area contributed by atoms with Crippen molar-refractivity contribution in [2.24, 2.45) is 15.7 Å². The number of aliphatic imine (C=N–C) groups is 2. The van der Waals surface area contributed by atoms with Gasteiger partial charge < -0.3 is 11.1 Å². The second-order valence-electron chi connectivity index (χ2n) is 7.51. The maximum atomic E-state index is 14.2. The molecule has 1 aliphatic heterocycles. The third-order valence-electron chi connectivity index (χ3n) is 4.71. The number of rotatable bonds is 9. The van der Waals surface area contributed by atoms with Crippen LogP contribution in [-0.2, 0) is 0 Å². The van der Waals surface area contributed by atoms with Crippen LogP contribution in [0.3, 0.4) is 0 Å². The van der Waals surface area contributed by atoms with Crippen LogP contribution in [0.4, 0.5) is 18.9 Å². The average molecular weight is 397 g/mol. The predicted molar refractivity (Wildman–Crippen MR) is 108 cm³/mol. The molecule has 0 atom stereocenters. The zero-order chi connectivity index (χ0) is 20.7. The van der Waals surface area contributed by atoms with Gasteiger partial charge in [-0.25, -0.2) is 13.2 Å². The van der Waals surface area contributed by atoms with Crippen LogP contribution in [0.5, 0.6) is 0 Å². The molecule has 3 N–H and O–H groups in total. The van der Waals surface area contributed by atoms with Crippen molar-refractivity contribution in [3.8, 4) is 0 Å². The fourth-order valence-corrected chi connectivity index (χ4v) is 3.24. The first-order valence-corrected chi connectivity index (χ1v) is 9.88. The summed E-state index contributed by atoms with van der Waals surface area (Å²) in [5.74, 6) is -3.79. The highest BCUT2D eigenvalue weighted by Gasteiger charge is 2.37. The van der Waals surface area contributed by atoms with Gasteiger partial charge in [-0.3, -0.25) is 9.89 Å². The molecule has 156 valence electrons. The topological polar surface area (TPSA) is 66.0 Å². The van der Waals surface area contributed by atoms with Gasteiger partial charge in [0.25, 0.3) is 0 Å². The number of unbranched alkanes of at least 4 members (excludes halogenated alkanes) is 6. The predicted octanol–water partition coefficient (Wildman–Crippen LogP) is 4.67. The third-order valence-corrected chi connectivity index (χ3v) is 4.71. The van der Waals surface area contributed by atoms with E-state index in [0.717, 1.165) is 25.0 Å². The Morgan fingerprint density at radius 2 is 1.68 bits per heavy atom. The van der Waals surface area contributed by atoms with Crippen molar-refractivity contribution in [2.45, 2.75) is 71.4 Å². The van der Waals surface area contributed by atoms with Crippen LogP contribution < -0.4 is 16.0 Å². The maximum Gasteiger partial charge on any atom is 0.223 e. The van der Waals surface area contributed by atoms with E-state index in [1.807, 2.05) is 0 Å². The second-order valence-corrected chi connectivity index (χ2v) is 7.51. The normalized spacial score (nSPS) is 17.6. The van der Waals surface area contributed by atoms with E-state index >= 15 is 0 Å². The molecule has 2 rings (SSSR count). The molecule has 0 fully saturated rings. The van der Waals surface area contributed by atoms with Crippen molar-refractivity contribution in [2.75, 3.05) is 11.4 Å². The van der Waals surface area contributed by atoms with Gasteiger partial charge in [0.2, 0.25) is 11.9 Å². The highest BCUT2D eigenvalue weighted by Crippen LogP contribution is 2.29. The summed E-state index contributed by atoms with van der Waals surface area (Å²) >= 11 is 0. The molecule has 0 spiro atoms. The number of nitrogens with one attached hydrogen (secondary N) is 1. The lowest BCUT2D eigenvalue weighted by Gasteiger charge is -2.43. The Hall–Kier alpha value is -2.25. The van der Waals surface area contributed by atoms with E-state index in [1.54, 1.807) is 13.8 Å². The number of nitrogens with zero attached hydrogens (tertiary/aromatic N) is 3. The number of hydrogen-bond donors (Lipinski definition) is 2. The molecule has 0 bridgehead atoms. The summed E-state index contributed by atoms with van der Waals surface area (Å²) < 4.78 is 41.1.